The van der Waals surface area contributed by atoms with Crippen molar-refractivity contribution < 1.29 is 4.74 Å². The van der Waals surface area contributed by atoms with E-state index in [2.05, 4.69) is 37.0 Å². The molecule has 3 nitrogen and oxygen atoms in total. The molecule has 0 spiro atoms. The van der Waals surface area contributed by atoms with E-state index >= 15 is 0 Å². The molecule has 18 heavy (non-hydrogen) atoms. The molecule has 0 amide bonds. The number of aromatic nitrogens is 2. The van der Waals surface area contributed by atoms with Gasteiger partial charge in [-0.25, -0.2) is 4.68 Å². The van der Waals surface area contributed by atoms with Gasteiger partial charge in [0, 0.05) is 22.4 Å². The normalized spacial score (nSPS) is 10.7. The fourth-order valence-electron chi connectivity index (χ4n) is 1.75. The van der Waals surface area contributed by atoms with Crippen LogP contribution in [0.4, 0.5) is 0 Å². The number of nitrogens with zero attached hydrogens (tertiary/aromatic N) is 2. The van der Waals surface area contributed by atoms with Gasteiger partial charge in [-0.05, 0) is 31.5 Å². The summed E-state index contributed by atoms with van der Waals surface area (Å²) in [6, 6.07) is 5.99. The molecule has 2 aromatic rings. The van der Waals surface area contributed by atoms with Gasteiger partial charge >= 0.3 is 0 Å². The Labute approximate surface area is 123 Å². The van der Waals surface area contributed by atoms with Crippen molar-refractivity contribution >= 4 is 31.9 Å². The topological polar surface area (TPSA) is 27.1 Å². The average molecular weight is 374 g/mol. The van der Waals surface area contributed by atoms with Gasteiger partial charge in [0.15, 0.2) is 0 Å². The summed E-state index contributed by atoms with van der Waals surface area (Å²) in [5.74, 6) is 1.63. The van der Waals surface area contributed by atoms with Gasteiger partial charge in [-0.2, -0.15) is 5.10 Å². The Balaban J connectivity index is 2.42. The van der Waals surface area contributed by atoms with Crippen LogP contribution in [0.15, 0.2) is 22.7 Å². The van der Waals surface area contributed by atoms with Crippen LogP contribution in [0.25, 0.3) is 0 Å². The zero-order valence-corrected chi connectivity index (χ0v) is 13.7. The van der Waals surface area contributed by atoms with Gasteiger partial charge in [0.2, 0.25) is 5.88 Å². The molecule has 0 aliphatic heterocycles. The number of benzene rings is 1. The highest BCUT2D eigenvalue weighted by molar-refractivity contribution is 9.10. The maximum Gasteiger partial charge on any atom is 0.221 e. The van der Waals surface area contributed by atoms with Crippen molar-refractivity contribution in [3.8, 4) is 11.6 Å². The maximum atomic E-state index is 6.00. The number of alkyl halides is 1. The third-order valence-corrected chi connectivity index (χ3v) is 3.83. The molecule has 0 fully saturated rings. The molecule has 0 aliphatic rings. The first-order chi connectivity index (χ1) is 8.52. The van der Waals surface area contributed by atoms with Crippen LogP contribution < -0.4 is 4.74 Å². The zero-order chi connectivity index (χ0) is 13.3. The van der Waals surface area contributed by atoms with Gasteiger partial charge in [0.05, 0.1) is 5.69 Å². The number of ether oxygens (including phenoxy) is 1. The van der Waals surface area contributed by atoms with Crippen LogP contribution in [-0.4, -0.2) is 9.78 Å². The minimum Gasteiger partial charge on any atom is -0.439 e. The molecule has 0 saturated heterocycles. The van der Waals surface area contributed by atoms with Crippen LogP contribution in [-0.2, 0) is 12.4 Å². The summed E-state index contributed by atoms with van der Waals surface area (Å²) in [7, 11) is 1.89. The average Bonchev–Trinajstić information content (AvgIpc) is 2.58. The second-order valence-corrected chi connectivity index (χ2v) is 5.61. The van der Waals surface area contributed by atoms with Crippen LogP contribution in [0.5, 0.6) is 11.6 Å². The Kier molecular flexibility index (Phi) is 4.12. The summed E-state index contributed by atoms with van der Waals surface area (Å²) in [4.78, 5) is 0. The van der Waals surface area contributed by atoms with E-state index in [-0.39, 0.29) is 0 Å². The Hall–Kier alpha value is -0.810. The van der Waals surface area contributed by atoms with E-state index in [1.165, 1.54) is 0 Å². The zero-order valence-electron chi connectivity index (χ0n) is 10.5. The number of hydrogen-bond acceptors (Lipinski definition) is 2. The monoisotopic (exact) mass is 372 g/mol. The molecule has 0 N–H and O–H groups in total. The largest absolute Gasteiger partial charge is 0.439 e. The van der Waals surface area contributed by atoms with Crippen LogP contribution in [0, 0.1) is 13.8 Å². The number of halogens is 2. The van der Waals surface area contributed by atoms with Crippen molar-refractivity contribution in [2.45, 2.75) is 19.2 Å². The van der Waals surface area contributed by atoms with Crippen LogP contribution in [0.1, 0.15) is 16.8 Å². The number of rotatable bonds is 3. The second kappa shape index (κ2) is 5.45. The van der Waals surface area contributed by atoms with Crippen molar-refractivity contribution in [2.24, 2.45) is 7.05 Å². The van der Waals surface area contributed by atoms with Gasteiger partial charge in [0.1, 0.15) is 5.75 Å². The summed E-state index contributed by atoms with van der Waals surface area (Å²) < 4.78 is 8.78. The highest BCUT2D eigenvalue weighted by Gasteiger charge is 2.15. The van der Waals surface area contributed by atoms with Crippen LogP contribution >= 0.6 is 31.9 Å². The molecule has 0 saturated carbocycles. The van der Waals surface area contributed by atoms with E-state index in [0.717, 1.165) is 38.3 Å². The Morgan fingerprint density at radius 3 is 2.72 bits per heavy atom. The lowest BCUT2D eigenvalue weighted by molar-refractivity contribution is 0.424. The van der Waals surface area contributed by atoms with Crippen molar-refractivity contribution in [2.75, 3.05) is 0 Å². The molecule has 0 bridgehead atoms. The van der Waals surface area contributed by atoms with Gasteiger partial charge in [-0.3, -0.25) is 0 Å². The van der Waals surface area contributed by atoms with E-state index in [9.17, 15) is 0 Å². The van der Waals surface area contributed by atoms with E-state index in [1.54, 1.807) is 4.68 Å². The molecule has 2 rings (SSSR count). The van der Waals surface area contributed by atoms with Crippen LogP contribution in [0.3, 0.4) is 0 Å². The van der Waals surface area contributed by atoms with Gasteiger partial charge in [-0.15, -0.1) is 0 Å². The first-order valence-corrected chi connectivity index (χ1v) is 7.46. The van der Waals surface area contributed by atoms with E-state index in [1.807, 2.05) is 39.1 Å². The van der Waals surface area contributed by atoms with Crippen molar-refractivity contribution in [1.82, 2.24) is 9.78 Å². The van der Waals surface area contributed by atoms with Crippen molar-refractivity contribution in [1.29, 1.82) is 0 Å². The minimum absolute atomic E-state index is 0.731. The standard InChI is InChI=1S/C13H14Br2N2O/c1-8-4-5-10(15)6-12(8)18-13-11(7-14)9(2)16-17(13)3/h4-6H,7H2,1-3H3. The lowest BCUT2D eigenvalue weighted by Gasteiger charge is -2.10. The van der Waals surface area contributed by atoms with Crippen molar-refractivity contribution in [3.63, 3.8) is 0 Å². The molecule has 0 radical (unpaired) electrons. The molecule has 0 unspecified atom stereocenters. The molecule has 1 aromatic carbocycles. The molecule has 96 valence electrons. The maximum absolute atomic E-state index is 6.00. The molecular formula is C13H14Br2N2O. The van der Waals surface area contributed by atoms with Gasteiger partial charge in [0.25, 0.3) is 0 Å². The molecule has 0 aliphatic carbocycles. The molecule has 1 heterocycles. The van der Waals surface area contributed by atoms with E-state index < -0.39 is 0 Å². The molecule has 0 atom stereocenters. The minimum atomic E-state index is 0.731. The lowest BCUT2D eigenvalue weighted by Crippen LogP contribution is -1.97. The SMILES string of the molecule is Cc1ccc(Br)cc1Oc1c(CBr)c(C)nn1C. The highest BCUT2D eigenvalue weighted by Crippen LogP contribution is 2.32. The smallest absolute Gasteiger partial charge is 0.221 e. The van der Waals surface area contributed by atoms with E-state index in [0.29, 0.717) is 0 Å². The fraction of sp³-hybridized carbons (Fsp3) is 0.308. The number of aryl methyl sites for hydroxylation is 3. The quantitative estimate of drug-likeness (QED) is 0.741. The summed E-state index contributed by atoms with van der Waals surface area (Å²) >= 11 is 6.93. The Morgan fingerprint density at radius 1 is 1.33 bits per heavy atom. The van der Waals surface area contributed by atoms with Gasteiger partial charge < -0.3 is 4.74 Å². The molecule has 5 heteroatoms. The number of hydrogen-bond donors (Lipinski definition) is 0. The summed E-state index contributed by atoms with van der Waals surface area (Å²) in [5, 5.41) is 5.11. The third-order valence-electron chi connectivity index (χ3n) is 2.78. The summed E-state index contributed by atoms with van der Waals surface area (Å²) in [6.07, 6.45) is 0. The second-order valence-electron chi connectivity index (χ2n) is 4.14. The fourth-order valence-corrected chi connectivity index (χ4v) is 2.74. The van der Waals surface area contributed by atoms with E-state index in [4.69, 9.17) is 4.74 Å². The highest BCUT2D eigenvalue weighted by atomic mass is 79.9. The lowest BCUT2D eigenvalue weighted by atomic mass is 10.2. The van der Waals surface area contributed by atoms with Crippen LogP contribution in [0.2, 0.25) is 0 Å². The molecular weight excluding hydrogens is 360 g/mol. The van der Waals surface area contributed by atoms with Crippen molar-refractivity contribution in [3.05, 3.63) is 39.5 Å². The third kappa shape index (κ3) is 2.62. The predicted molar refractivity (Wildman–Crippen MR) is 79.5 cm³/mol. The first kappa shape index (κ1) is 13.6. The first-order valence-electron chi connectivity index (χ1n) is 5.55. The summed E-state index contributed by atoms with van der Waals surface area (Å²) in [5.41, 5.74) is 3.16. The Morgan fingerprint density at radius 2 is 2.06 bits per heavy atom. The summed E-state index contributed by atoms with van der Waals surface area (Å²) in [6.45, 7) is 4.01. The van der Waals surface area contributed by atoms with Gasteiger partial charge in [-0.1, -0.05) is 37.9 Å². The Bertz CT molecular complexity index is 579. The molecule has 1 aromatic heterocycles. The predicted octanol–water partition coefficient (Wildman–Crippen LogP) is 4.49.